The Morgan fingerprint density at radius 2 is 1.90 bits per heavy atom. The van der Waals surface area contributed by atoms with E-state index in [1.807, 2.05) is 0 Å². The number of esters is 2. The van der Waals surface area contributed by atoms with Gasteiger partial charge in [-0.2, -0.15) is 13.1 Å². The van der Waals surface area contributed by atoms with Crippen molar-refractivity contribution in [2.75, 3.05) is 6.61 Å². The van der Waals surface area contributed by atoms with Gasteiger partial charge in [-0.1, -0.05) is 18.2 Å². The summed E-state index contributed by atoms with van der Waals surface area (Å²) >= 11 is -0.852. The van der Waals surface area contributed by atoms with Crippen molar-refractivity contribution < 1.29 is 42.5 Å². The van der Waals surface area contributed by atoms with Gasteiger partial charge >= 0.3 is 17.2 Å². The Hall–Kier alpha value is -1.75. The monoisotopic (exact) mass is 309 g/mol. The molecule has 0 aliphatic rings. The molecule has 0 radical (unpaired) electrons. The van der Waals surface area contributed by atoms with E-state index >= 15 is 0 Å². The third-order valence-corrected chi connectivity index (χ3v) is 2.20. The summed E-state index contributed by atoms with van der Waals surface area (Å²) in [6.07, 6.45) is 0. The van der Waals surface area contributed by atoms with Gasteiger partial charge in [-0.05, 0) is 12.1 Å². The molecule has 110 valence electrons. The quantitative estimate of drug-likeness (QED) is 0.238. The third kappa shape index (κ3) is 5.48. The Kier molecular flexibility index (Phi) is 6.31. The molecule has 1 rings (SSSR count). The molecule has 0 spiro atoms. The number of halogens is 2. The summed E-state index contributed by atoms with van der Waals surface area (Å²) in [4.78, 5) is 22.1. The highest BCUT2D eigenvalue weighted by Crippen LogP contribution is 2.30. The SMILES string of the molecule is O=C(COC(=O)C(F)(F)SOO[O-])Oc1ccccc1. The number of alkyl halides is 2. The van der Waals surface area contributed by atoms with Gasteiger partial charge in [0.15, 0.2) is 6.61 Å². The Bertz CT molecular complexity index is 454. The number of rotatable bonds is 7. The second-order valence-electron chi connectivity index (χ2n) is 3.10. The van der Waals surface area contributed by atoms with Crippen LogP contribution in [0.3, 0.4) is 0 Å². The Morgan fingerprint density at radius 1 is 1.25 bits per heavy atom. The summed E-state index contributed by atoms with van der Waals surface area (Å²) in [5.74, 6) is -2.96. The lowest BCUT2D eigenvalue weighted by Gasteiger charge is -2.13. The molecule has 0 atom stereocenters. The lowest BCUT2D eigenvalue weighted by molar-refractivity contribution is -0.777. The number of carbonyl (C=O) groups is 2. The van der Waals surface area contributed by atoms with Gasteiger partial charge in [-0.3, -0.25) is 5.04 Å². The van der Waals surface area contributed by atoms with Crippen LogP contribution in [0.4, 0.5) is 8.78 Å². The van der Waals surface area contributed by atoms with Gasteiger partial charge in [0, 0.05) is 0 Å². The molecule has 0 fully saturated rings. The molecule has 0 heterocycles. The van der Waals surface area contributed by atoms with Crippen molar-refractivity contribution in [3.63, 3.8) is 0 Å². The molecular formula is C10H7F2O7S-. The van der Waals surface area contributed by atoms with Gasteiger partial charge in [-0.25, -0.2) is 9.59 Å². The first-order chi connectivity index (χ1) is 9.45. The smallest absolute Gasteiger partial charge is 0.415 e. The van der Waals surface area contributed by atoms with Crippen molar-refractivity contribution in [1.29, 1.82) is 0 Å². The first-order valence-electron chi connectivity index (χ1n) is 4.91. The number of hydrogen-bond acceptors (Lipinski definition) is 8. The average molecular weight is 309 g/mol. The minimum Gasteiger partial charge on any atom is -0.691 e. The molecule has 0 N–H and O–H groups in total. The average Bonchev–Trinajstić information content (AvgIpc) is 2.43. The van der Waals surface area contributed by atoms with Crippen LogP contribution in [0, 0.1) is 0 Å². The van der Waals surface area contributed by atoms with Gasteiger partial charge in [0.1, 0.15) is 17.8 Å². The predicted molar refractivity (Wildman–Crippen MR) is 57.7 cm³/mol. The zero-order valence-corrected chi connectivity index (χ0v) is 10.4. The van der Waals surface area contributed by atoms with E-state index in [0.717, 1.165) is 0 Å². The maximum absolute atomic E-state index is 12.9. The first kappa shape index (κ1) is 16.3. The highest BCUT2D eigenvalue weighted by atomic mass is 32.2. The Morgan fingerprint density at radius 3 is 2.50 bits per heavy atom. The molecule has 10 heteroatoms. The fourth-order valence-corrected chi connectivity index (χ4v) is 1.19. The zero-order chi connectivity index (χ0) is 15.0. The molecule has 1 aromatic rings. The van der Waals surface area contributed by atoms with E-state index in [4.69, 9.17) is 0 Å². The van der Waals surface area contributed by atoms with E-state index < -0.39 is 35.8 Å². The van der Waals surface area contributed by atoms with E-state index in [-0.39, 0.29) is 5.75 Å². The van der Waals surface area contributed by atoms with E-state index in [0.29, 0.717) is 0 Å². The molecule has 0 aromatic heterocycles. The lowest BCUT2D eigenvalue weighted by atomic mass is 10.3. The minimum atomic E-state index is -4.20. The number of carbonyl (C=O) groups excluding carboxylic acids is 2. The second-order valence-corrected chi connectivity index (χ2v) is 3.91. The van der Waals surface area contributed by atoms with Gasteiger partial charge < -0.3 is 14.7 Å². The fourth-order valence-electron chi connectivity index (χ4n) is 0.949. The topological polar surface area (TPSA) is 94.1 Å². The lowest BCUT2D eigenvalue weighted by Crippen LogP contribution is -2.30. The normalized spacial score (nSPS) is 10.9. The van der Waals surface area contributed by atoms with Crippen LogP contribution in [-0.4, -0.2) is 23.8 Å². The van der Waals surface area contributed by atoms with Crippen LogP contribution in [0.25, 0.3) is 0 Å². The van der Waals surface area contributed by atoms with Gasteiger partial charge in [0.2, 0.25) is 0 Å². The molecule has 0 saturated carbocycles. The van der Waals surface area contributed by atoms with Crippen LogP contribution < -0.4 is 9.99 Å². The second kappa shape index (κ2) is 7.75. The van der Waals surface area contributed by atoms with Crippen molar-refractivity contribution in [3.05, 3.63) is 30.3 Å². The molecule has 1 aromatic carbocycles. The summed E-state index contributed by atoms with van der Waals surface area (Å²) in [6, 6.07) is 7.74. The van der Waals surface area contributed by atoms with Crippen LogP contribution in [0.15, 0.2) is 30.3 Å². The van der Waals surface area contributed by atoms with Crippen molar-refractivity contribution in [2.24, 2.45) is 0 Å². The highest BCUT2D eigenvalue weighted by molar-refractivity contribution is 7.96. The molecule has 0 amide bonds. The third-order valence-electron chi connectivity index (χ3n) is 1.70. The van der Waals surface area contributed by atoms with Crippen LogP contribution in [-0.2, 0) is 23.7 Å². The number of para-hydroxylation sites is 1. The van der Waals surface area contributed by atoms with Gasteiger partial charge in [-0.15, -0.1) is 0 Å². The van der Waals surface area contributed by atoms with E-state index in [9.17, 15) is 23.6 Å². The van der Waals surface area contributed by atoms with Crippen molar-refractivity contribution in [2.45, 2.75) is 5.25 Å². The number of ether oxygens (including phenoxy) is 2. The van der Waals surface area contributed by atoms with Crippen LogP contribution in [0.2, 0.25) is 0 Å². The van der Waals surface area contributed by atoms with E-state index in [2.05, 4.69) is 18.8 Å². The van der Waals surface area contributed by atoms with Crippen molar-refractivity contribution >= 4 is 24.0 Å². The fraction of sp³-hybridized carbons (Fsp3) is 0.200. The summed E-state index contributed by atoms with van der Waals surface area (Å²) in [5, 5.41) is 7.83. The van der Waals surface area contributed by atoms with Crippen molar-refractivity contribution in [3.8, 4) is 5.75 Å². The molecular weight excluding hydrogens is 302 g/mol. The minimum absolute atomic E-state index is 0.165. The molecule has 0 aliphatic heterocycles. The summed E-state index contributed by atoms with van der Waals surface area (Å²) < 4.78 is 37.8. The molecule has 0 saturated heterocycles. The Labute approximate surface area is 115 Å². The summed E-state index contributed by atoms with van der Waals surface area (Å²) in [7, 11) is 0. The highest BCUT2D eigenvalue weighted by Gasteiger charge is 2.44. The number of hydrogen-bond donors (Lipinski definition) is 0. The maximum Gasteiger partial charge on any atom is 0.415 e. The molecule has 0 aliphatic carbocycles. The van der Waals surface area contributed by atoms with Gasteiger partial charge in [0.05, 0.1) is 0 Å². The first-order valence-corrected chi connectivity index (χ1v) is 5.65. The van der Waals surface area contributed by atoms with E-state index in [1.54, 1.807) is 18.2 Å². The molecule has 7 nitrogen and oxygen atoms in total. The molecule has 0 bridgehead atoms. The van der Waals surface area contributed by atoms with Crippen LogP contribution in [0.5, 0.6) is 5.75 Å². The van der Waals surface area contributed by atoms with Crippen LogP contribution >= 0.6 is 12.0 Å². The Balaban J connectivity index is 2.39. The van der Waals surface area contributed by atoms with Crippen LogP contribution in [0.1, 0.15) is 0 Å². The predicted octanol–water partition coefficient (Wildman–Crippen LogP) is 0.600. The standard InChI is InChI=1S/C10H8F2O7S/c11-10(12,20-19-18-15)9(14)16-6-8(13)17-7-4-2-1-3-5-7/h1-5,15H,6H2/p-1. The molecule has 0 unspecified atom stereocenters. The summed E-state index contributed by atoms with van der Waals surface area (Å²) in [5.41, 5.74) is 0. The summed E-state index contributed by atoms with van der Waals surface area (Å²) in [6.45, 7) is -1.03. The van der Waals surface area contributed by atoms with E-state index in [1.165, 1.54) is 12.1 Å². The maximum atomic E-state index is 12.9. The van der Waals surface area contributed by atoms with Crippen molar-refractivity contribution in [1.82, 2.24) is 0 Å². The molecule has 20 heavy (non-hydrogen) atoms. The largest absolute Gasteiger partial charge is 0.691 e. The zero-order valence-electron chi connectivity index (χ0n) is 9.62. The van der Waals surface area contributed by atoms with Gasteiger partial charge in [0.25, 0.3) is 0 Å². The number of benzene rings is 1.